The molecule has 0 aromatic heterocycles. The van der Waals surface area contributed by atoms with Crippen LogP contribution < -0.4 is 11.1 Å². The van der Waals surface area contributed by atoms with Gasteiger partial charge in [0.15, 0.2) is 0 Å². The van der Waals surface area contributed by atoms with Crippen molar-refractivity contribution in [3.05, 3.63) is 0 Å². The molecule has 7 heteroatoms. The first kappa shape index (κ1) is 15.2. The number of nitrogens with one attached hydrogen (secondary N) is 1. The quantitative estimate of drug-likeness (QED) is 0.794. The highest BCUT2D eigenvalue weighted by Crippen LogP contribution is 2.21. The molecular formula is C11H20F3N3O. The summed E-state index contributed by atoms with van der Waals surface area (Å²) in [5, 5.41) is 2.36. The number of halogens is 3. The smallest absolute Gasteiger partial charge is 0.352 e. The average Bonchev–Trinajstić information content (AvgIpc) is 2.18. The molecule has 1 heterocycles. The van der Waals surface area contributed by atoms with Gasteiger partial charge in [-0.3, -0.25) is 9.69 Å². The molecule has 3 N–H and O–H groups in total. The fraction of sp³-hybridized carbons (Fsp3) is 0.909. The molecular weight excluding hydrogens is 247 g/mol. The molecule has 1 aliphatic rings. The van der Waals surface area contributed by atoms with E-state index in [9.17, 15) is 18.0 Å². The molecule has 0 aromatic rings. The summed E-state index contributed by atoms with van der Waals surface area (Å²) < 4.78 is 36.2. The van der Waals surface area contributed by atoms with Gasteiger partial charge < -0.3 is 11.1 Å². The Kier molecular flexibility index (Phi) is 5.40. The van der Waals surface area contributed by atoms with Gasteiger partial charge in [-0.2, -0.15) is 13.2 Å². The van der Waals surface area contributed by atoms with Crippen molar-refractivity contribution in [2.45, 2.75) is 44.4 Å². The van der Waals surface area contributed by atoms with Gasteiger partial charge in [-0.1, -0.05) is 0 Å². The number of rotatable bonds is 4. The second-order valence-electron chi connectivity index (χ2n) is 4.90. The number of alkyl halides is 3. The van der Waals surface area contributed by atoms with Crippen LogP contribution in [-0.2, 0) is 4.79 Å². The summed E-state index contributed by atoms with van der Waals surface area (Å²) in [5.41, 5.74) is 5.73. The lowest BCUT2D eigenvalue weighted by Gasteiger charge is -2.29. The first-order valence-corrected chi connectivity index (χ1v) is 6.10. The zero-order valence-corrected chi connectivity index (χ0v) is 10.5. The van der Waals surface area contributed by atoms with Crippen molar-refractivity contribution in [1.29, 1.82) is 0 Å². The molecule has 0 spiro atoms. The van der Waals surface area contributed by atoms with Crippen molar-refractivity contribution in [2.75, 3.05) is 19.6 Å². The molecule has 1 rings (SSSR count). The minimum atomic E-state index is -4.25. The van der Waals surface area contributed by atoms with Crippen LogP contribution in [0, 0.1) is 0 Å². The van der Waals surface area contributed by atoms with Crippen molar-refractivity contribution in [3.63, 3.8) is 0 Å². The zero-order chi connectivity index (χ0) is 13.8. The van der Waals surface area contributed by atoms with E-state index in [0.717, 1.165) is 25.9 Å². The molecule has 1 atom stereocenters. The zero-order valence-electron chi connectivity index (χ0n) is 10.5. The van der Waals surface area contributed by atoms with Crippen LogP contribution in [0.1, 0.15) is 26.2 Å². The lowest BCUT2D eigenvalue weighted by atomic mass is 10.1. The van der Waals surface area contributed by atoms with E-state index in [4.69, 9.17) is 5.73 Å². The fourth-order valence-electron chi connectivity index (χ4n) is 2.03. The maximum atomic E-state index is 12.1. The number of carbonyl (C=O) groups excluding carboxylic acids is 1. The van der Waals surface area contributed by atoms with E-state index in [2.05, 4.69) is 5.32 Å². The van der Waals surface area contributed by atoms with Gasteiger partial charge in [-0.15, -0.1) is 0 Å². The SMILES string of the molecule is CC(CC(F)(F)F)NC(=O)CN1CCC(N)CC1. The Morgan fingerprint density at radius 2 is 2.00 bits per heavy atom. The summed E-state index contributed by atoms with van der Waals surface area (Å²) in [7, 11) is 0. The van der Waals surface area contributed by atoms with Gasteiger partial charge in [-0.25, -0.2) is 0 Å². The van der Waals surface area contributed by atoms with Crippen LogP contribution in [0.25, 0.3) is 0 Å². The maximum absolute atomic E-state index is 12.1. The van der Waals surface area contributed by atoms with Gasteiger partial charge in [0.05, 0.1) is 13.0 Å². The number of nitrogens with two attached hydrogens (primary N) is 1. The summed E-state index contributed by atoms with van der Waals surface area (Å²) in [6.07, 6.45) is -3.59. The molecule has 1 unspecified atom stereocenters. The normalized spacial score (nSPS) is 20.7. The number of likely N-dealkylation sites (tertiary alicyclic amines) is 1. The molecule has 1 aliphatic heterocycles. The summed E-state index contributed by atoms with van der Waals surface area (Å²) in [6, 6.07) is -0.710. The first-order chi connectivity index (χ1) is 8.26. The number of hydrogen-bond donors (Lipinski definition) is 2. The summed E-state index contributed by atoms with van der Waals surface area (Å²) >= 11 is 0. The highest BCUT2D eigenvalue weighted by Gasteiger charge is 2.30. The number of hydrogen-bond acceptors (Lipinski definition) is 3. The fourth-order valence-corrected chi connectivity index (χ4v) is 2.03. The third kappa shape index (κ3) is 6.20. The molecule has 0 saturated carbocycles. The molecule has 0 aromatic carbocycles. The summed E-state index contributed by atoms with van der Waals surface area (Å²) in [5.74, 6) is -0.359. The van der Waals surface area contributed by atoms with Gasteiger partial charge in [0.2, 0.25) is 5.91 Å². The van der Waals surface area contributed by atoms with Gasteiger partial charge in [0.1, 0.15) is 0 Å². The molecule has 1 amide bonds. The van der Waals surface area contributed by atoms with Gasteiger partial charge in [0, 0.05) is 25.2 Å². The Hall–Kier alpha value is -0.820. The minimum absolute atomic E-state index is 0.148. The highest BCUT2D eigenvalue weighted by atomic mass is 19.4. The average molecular weight is 267 g/mol. The number of nitrogens with zero attached hydrogens (tertiary/aromatic N) is 1. The molecule has 0 bridgehead atoms. The van der Waals surface area contributed by atoms with Gasteiger partial charge in [0.25, 0.3) is 0 Å². The van der Waals surface area contributed by atoms with Crippen LogP contribution in [0.5, 0.6) is 0 Å². The van der Waals surface area contributed by atoms with Crippen LogP contribution in [0.15, 0.2) is 0 Å². The molecule has 4 nitrogen and oxygen atoms in total. The third-order valence-electron chi connectivity index (χ3n) is 2.94. The van der Waals surface area contributed by atoms with E-state index in [0.29, 0.717) is 0 Å². The maximum Gasteiger partial charge on any atom is 0.391 e. The van der Waals surface area contributed by atoms with E-state index in [-0.39, 0.29) is 18.5 Å². The standard InChI is InChI=1S/C11H20F3N3O/c1-8(6-11(12,13)14)16-10(18)7-17-4-2-9(15)3-5-17/h8-9H,2-7,15H2,1H3,(H,16,18). The molecule has 106 valence electrons. The highest BCUT2D eigenvalue weighted by molar-refractivity contribution is 5.78. The van der Waals surface area contributed by atoms with Crippen molar-refractivity contribution < 1.29 is 18.0 Å². The van der Waals surface area contributed by atoms with Crippen molar-refractivity contribution in [2.24, 2.45) is 5.73 Å². The first-order valence-electron chi connectivity index (χ1n) is 6.10. The summed E-state index contributed by atoms with van der Waals surface area (Å²) in [4.78, 5) is 13.5. The van der Waals surface area contributed by atoms with Crippen LogP contribution in [0.3, 0.4) is 0 Å². The van der Waals surface area contributed by atoms with E-state index >= 15 is 0 Å². The van der Waals surface area contributed by atoms with Crippen LogP contribution in [0.4, 0.5) is 13.2 Å². The minimum Gasteiger partial charge on any atom is -0.352 e. The van der Waals surface area contributed by atoms with Crippen molar-refractivity contribution in [1.82, 2.24) is 10.2 Å². The second-order valence-corrected chi connectivity index (χ2v) is 4.90. The third-order valence-corrected chi connectivity index (χ3v) is 2.94. The largest absolute Gasteiger partial charge is 0.391 e. The number of piperidine rings is 1. The van der Waals surface area contributed by atoms with E-state index < -0.39 is 18.6 Å². The van der Waals surface area contributed by atoms with Crippen LogP contribution in [-0.4, -0.2) is 48.7 Å². The summed E-state index contributed by atoms with van der Waals surface area (Å²) in [6.45, 7) is 2.96. The van der Waals surface area contributed by atoms with Crippen LogP contribution in [0.2, 0.25) is 0 Å². The van der Waals surface area contributed by atoms with E-state index in [1.54, 1.807) is 0 Å². The Bertz CT molecular complexity index is 275. The van der Waals surface area contributed by atoms with Crippen LogP contribution >= 0.6 is 0 Å². The van der Waals surface area contributed by atoms with Crippen molar-refractivity contribution >= 4 is 5.91 Å². The molecule has 18 heavy (non-hydrogen) atoms. The number of carbonyl (C=O) groups is 1. The lowest BCUT2D eigenvalue weighted by molar-refractivity contribution is -0.141. The Balaban J connectivity index is 2.25. The van der Waals surface area contributed by atoms with Crippen molar-refractivity contribution in [3.8, 4) is 0 Å². The Morgan fingerprint density at radius 1 is 1.44 bits per heavy atom. The van der Waals surface area contributed by atoms with Gasteiger partial charge in [-0.05, 0) is 19.8 Å². The van der Waals surface area contributed by atoms with E-state index in [1.807, 2.05) is 4.90 Å². The molecule has 0 aliphatic carbocycles. The Labute approximate surface area is 105 Å². The second kappa shape index (κ2) is 6.38. The number of amides is 1. The molecule has 1 saturated heterocycles. The predicted octanol–water partition coefficient (Wildman–Crippen LogP) is 0.867. The monoisotopic (exact) mass is 267 g/mol. The molecule has 0 radical (unpaired) electrons. The molecule has 1 fully saturated rings. The Morgan fingerprint density at radius 3 is 2.50 bits per heavy atom. The predicted molar refractivity (Wildman–Crippen MR) is 61.9 cm³/mol. The topological polar surface area (TPSA) is 58.4 Å². The van der Waals surface area contributed by atoms with E-state index in [1.165, 1.54) is 6.92 Å². The van der Waals surface area contributed by atoms with Gasteiger partial charge >= 0.3 is 6.18 Å². The lowest BCUT2D eigenvalue weighted by Crippen LogP contribution is -2.46.